The first-order chi connectivity index (χ1) is 10.3. The molecular weight excluding hydrogens is 284 g/mol. The molecule has 1 aromatic heterocycles. The van der Waals surface area contributed by atoms with Crippen molar-refractivity contribution in [2.75, 3.05) is 0 Å². The lowest BCUT2D eigenvalue weighted by Gasteiger charge is -2.15. The SMILES string of the molecule is OC1CCCCCC1c1nc(CSc2ccccc2)no1. The third-order valence-electron chi connectivity index (χ3n) is 3.89. The molecule has 21 heavy (non-hydrogen) atoms. The number of hydrogen-bond acceptors (Lipinski definition) is 5. The molecule has 1 N–H and O–H groups in total. The smallest absolute Gasteiger partial charge is 0.232 e. The van der Waals surface area contributed by atoms with Crippen molar-refractivity contribution in [3.05, 3.63) is 42.0 Å². The fourth-order valence-corrected chi connectivity index (χ4v) is 3.48. The van der Waals surface area contributed by atoms with Crippen LogP contribution in [-0.4, -0.2) is 21.4 Å². The molecule has 0 saturated heterocycles. The van der Waals surface area contributed by atoms with E-state index in [1.807, 2.05) is 18.2 Å². The summed E-state index contributed by atoms with van der Waals surface area (Å²) in [6.07, 6.45) is 4.82. The molecule has 1 aliphatic rings. The van der Waals surface area contributed by atoms with Gasteiger partial charge in [-0.05, 0) is 25.0 Å². The number of thioether (sulfide) groups is 1. The van der Waals surface area contributed by atoms with Crippen LogP contribution < -0.4 is 0 Å². The van der Waals surface area contributed by atoms with Gasteiger partial charge in [0.25, 0.3) is 0 Å². The van der Waals surface area contributed by atoms with E-state index in [0.29, 0.717) is 17.5 Å². The summed E-state index contributed by atoms with van der Waals surface area (Å²) in [5.41, 5.74) is 0. The molecule has 5 heteroatoms. The second-order valence-electron chi connectivity index (χ2n) is 5.46. The van der Waals surface area contributed by atoms with E-state index < -0.39 is 0 Å². The molecule has 4 nitrogen and oxygen atoms in total. The molecule has 0 amide bonds. The second-order valence-corrected chi connectivity index (χ2v) is 6.51. The zero-order chi connectivity index (χ0) is 14.5. The van der Waals surface area contributed by atoms with E-state index in [1.54, 1.807) is 11.8 Å². The van der Waals surface area contributed by atoms with E-state index in [2.05, 4.69) is 22.3 Å². The lowest BCUT2D eigenvalue weighted by molar-refractivity contribution is 0.119. The van der Waals surface area contributed by atoms with Gasteiger partial charge in [-0.2, -0.15) is 4.98 Å². The van der Waals surface area contributed by atoms with Crippen LogP contribution in [0.1, 0.15) is 49.7 Å². The van der Waals surface area contributed by atoms with Crippen LogP contribution in [-0.2, 0) is 5.75 Å². The van der Waals surface area contributed by atoms with E-state index in [9.17, 15) is 5.11 Å². The Morgan fingerprint density at radius 1 is 1.14 bits per heavy atom. The monoisotopic (exact) mass is 304 g/mol. The first-order valence-corrected chi connectivity index (χ1v) is 8.50. The summed E-state index contributed by atoms with van der Waals surface area (Å²) >= 11 is 1.69. The van der Waals surface area contributed by atoms with Gasteiger partial charge in [0, 0.05) is 4.90 Å². The first kappa shape index (κ1) is 14.6. The van der Waals surface area contributed by atoms with Crippen LogP contribution in [0.15, 0.2) is 39.8 Å². The standard InChI is InChI=1S/C16H20N2O2S/c19-14-10-6-2-5-9-13(14)16-17-15(18-20-16)11-21-12-7-3-1-4-8-12/h1,3-4,7-8,13-14,19H,2,5-6,9-11H2. The Morgan fingerprint density at radius 3 is 2.81 bits per heavy atom. The number of hydrogen-bond donors (Lipinski definition) is 1. The van der Waals surface area contributed by atoms with Gasteiger partial charge in [0.15, 0.2) is 5.82 Å². The van der Waals surface area contributed by atoms with Gasteiger partial charge in [0.2, 0.25) is 5.89 Å². The Morgan fingerprint density at radius 2 is 1.95 bits per heavy atom. The lowest BCUT2D eigenvalue weighted by Crippen LogP contribution is -2.17. The molecule has 1 fully saturated rings. The van der Waals surface area contributed by atoms with Crippen molar-refractivity contribution in [3.8, 4) is 0 Å². The van der Waals surface area contributed by atoms with Crippen molar-refractivity contribution in [1.29, 1.82) is 0 Å². The molecule has 0 aliphatic heterocycles. The number of aliphatic hydroxyl groups excluding tert-OH is 1. The summed E-state index contributed by atoms with van der Waals surface area (Å²) < 4.78 is 5.38. The van der Waals surface area contributed by atoms with Crippen LogP contribution in [0.3, 0.4) is 0 Å². The molecule has 1 saturated carbocycles. The molecule has 0 spiro atoms. The van der Waals surface area contributed by atoms with Crippen LogP contribution in [0.4, 0.5) is 0 Å². The number of nitrogens with zero attached hydrogens (tertiary/aromatic N) is 2. The summed E-state index contributed by atoms with van der Waals surface area (Å²) in [7, 11) is 0. The number of aromatic nitrogens is 2. The van der Waals surface area contributed by atoms with Crippen LogP contribution in [0.5, 0.6) is 0 Å². The van der Waals surface area contributed by atoms with Crippen molar-refractivity contribution in [1.82, 2.24) is 10.1 Å². The van der Waals surface area contributed by atoms with E-state index in [0.717, 1.165) is 25.7 Å². The normalized spacial score (nSPS) is 22.9. The Labute approximate surface area is 129 Å². The maximum atomic E-state index is 10.2. The lowest BCUT2D eigenvalue weighted by atomic mass is 9.97. The zero-order valence-corrected chi connectivity index (χ0v) is 12.8. The average molecular weight is 304 g/mol. The van der Waals surface area contributed by atoms with Gasteiger partial charge in [-0.15, -0.1) is 11.8 Å². The minimum Gasteiger partial charge on any atom is -0.392 e. The Balaban J connectivity index is 1.62. The Hall–Kier alpha value is -1.33. The Kier molecular flexibility index (Phi) is 4.93. The third-order valence-corrected chi connectivity index (χ3v) is 4.90. The molecule has 1 heterocycles. The van der Waals surface area contributed by atoms with Gasteiger partial charge < -0.3 is 9.63 Å². The molecular formula is C16H20N2O2S. The quantitative estimate of drug-likeness (QED) is 0.688. The highest BCUT2D eigenvalue weighted by molar-refractivity contribution is 7.98. The van der Waals surface area contributed by atoms with Crippen molar-refractivity contribution in [3.63, 3.8) is 0 Å². The molecule has 2 unspecified atom stereocenters. The minimum absolute atomic E-state index is 0.00970. The van der Waals surface area contributed by atoms with Gasteiger partial charge in [0.05, 0.1) is 17.8 Å². The van der Waals surface area contributed by atoms with Crippen LogP contribution >= 0.6 is 11.8 Å². The summed E-state index contributed by atoms with van der Waals surface area (Å²) in [6.45, 7) is 0. The van der Waals surface area contributed by atoms with E-state index in [4.69, 9.17) is 4.52 Å². The van der Waals surface area contributed by atoms with Crippen LogP contribution in [0.25, 0.3) is 0 Å². The van der Waals surface area contributed by atoms with E-state index in [1.165, 1.54) is 11.3 Å². The van der Waals surface area contributed by atoms with Gasteiger partial charge >= 0.3 is 0 Å². The highest BCUT2D eigenvalue weighted by Gasteiger charge is 2.28. The van der Waals surface area contributed by atoms with Gasteiger partial charge in [-0.1, -0.05) is 42.6 Å². The molecule has 1 aliphatic carbocycles. The highest BCUT2D eigenvalue weighted by Crippen LogP contribution is 2.31. The molecule has 1 aromatic carbocycles. The summed E-state index contributed by atoms with van der Waals surface area (Å²) in [5, 5.41) is 14.2. The molecule has 2 aromatic rings. The van der Waals surface area contributed by atoms with Gasteiger partial charge in [-0.25, -0.2) is 0 Å². The molecule has 0 bridgehead atoms. The van der Waals surface area contributed by atoms with Gasteiger partial charge in [0.1, 0.15) is 0 Å². The van der Waals surface area contributed by atoms with Crippen molar-refractivity contribution in [2.24, 2.45) is 0 Å². The van der Waals surface area contributed by atoms with E-state index >= 15 is 0 Å². The molecule has 112 valence electrons. The van der Waals surface area contributed by atoms with Crippen molar-refractivity contribution in [2.45, 2.75) is 54.8 Å². The highest BCUT2D eigenvalue weighted by atomic mass is 32.2. The summed E-state index contributed by atoms with van der Waals surface area (Å²) in [6, 6.07) is 10.2. The first-order valence-electron chi connectivity index (χ1n) is 7.51. The molecule has 0 radical (unpaired) electrons. The molecule has 2 atom stereocenters. The zero-order valence-electron chi connectivity index (χ0n) is 11.9. The van der Waals surface area contributed by atoms with Gasteiger partial charge in [-0.3, -0.25) is 0 Å². The van der Waals surface area contributed by atoms with Crippen LogP contribution in [0, 0.1) is 0 Å². The predicted octanol–water partition coefficient (Wildman–Crippen LogP) is 3.77. The van der Waals surface area contributed by atoms with E-state index in [-0.39, 0.29) is 12.0 Å². The van der Waals surface area contributed by atoms with Crippen molar-refractivity contribution >= 4 is 11.8 Å². The third kappa shape index (κ3) is 3.86. The fraction of sp³-hybridized carbons (Fsp3) is 0.500. The summed E-state index contributed by atoms with van der Waals surface area (Å²) in [4.78, 5) is 5.68. The average Bonchev–Trinajstić information content (AvgIpc) is 2.88. The number of rotatable bonds is 4. The number of benzene rings is 1. The molecule has 3 rings (SSSR count). The second kappa shape index (κ2) is 7.09. The van der Waals surface area contributed by atoms with Crippen molar-refractivity contribution < 1.29 is 9.63 Å². The predicted molar refractivity (Wildman–Crippen MR) is 82.1 cm³/mol. The maximum Gasteiger partial charge on any atom is 0.232 e. The topological polar surface area (TPSA) is 59.2 Å². The Bertz CT molecular complexity index is 558. The number of aliphatic hydroxyl groups is 1. The maximum absolute atomic E-state index is 10.2. The largest absolute Gasteiger partial charge is 0.392 e. The summed E-state index contributed by atoms with van der Waals surface area (Å²) in [5.74, 6) is 2.01. The minimum atomic E-state index is -0.345. The fourth-order valence-electron chi connectivity index (χ4n) is 2.72. The van der Waals surface area contributed by atoms with Crippen LogP contribution in [0.2, 0.25) is 0 Å².